The summed E-state index contributed by atoms with van der Waals surface area (Å²) < 4.78 is 3.41. The number of carbonyl (C=O) groups is 1. The molecule has 106 valence electrons. The molecule has 1 unspecified atom stereocenters. The fourth-order valence-corrected chi connectivity index (χ4v) is 3.24. The van der Waals surface area contributed by atoms with E-state index in [0.717, 1.165) is 25.9 Å². The van der Waals surface area contributed by atoms with E-state index < -0.39 is 11.9 Å². The second kappa shape index (κ2) is 6.10. The summed E-state index contributed by atoms with van der Waals surface area (Å²) in [5, 5.41) is 13.8. The third kappa shape index (κ3) is 2.96. The van der Waals surface area contributed by atoms with Crippen LogP contribution in [0, 0.1) is 6.92 Å². The van der Waals surface area contributed by atoms with Crippen LogP contribution in [-0.2, 0) is 18.3 Å². The number of halogens is 2. The number of aliphatic carboxylic acids is 1. The Morgan fingerprint density at radius 3 is 2.55 bits per heavy atom. The summed E-state index contributed by atoms with van der Waals surface area (Å²) in [6, 6.07) is 7.41. The summed E-state index contributed by atoms with van der Waals surface area (Å²) in [5.41, 5.74) is 2.51. The van der Waals surface area contributed by atoms with Gasteiger partial charge in [0.2, 0.25) is 0 Å². The SMILES string of the molecule is Cc1nn(C)c(CC(C(=O)O)c2ccccc2Br)c1Br. The van der Waals surface area contributed by atoms with Gasteiger partial charge < -0.3 is 5.11 Å². The van der Waals surface area contributed by atoms with E-state index in [1.165, 1.54) is 0 Å². The molecule has 20 heavy (non-hydrogen) atoms. The van der Waals surface area contributed by atoms with Gasteiger partial charge in [-0.1, -0.05) is 34.1 Å². The Balaban J connectivity index is 2.41. The fourth-order valence-electron chi connectivity index (χ4n) is 2.18. The van der Waals surface area contributed by atoms with Gasteiger partial charge in [-0.3, -0.25) is 9.48 Å². The molecule has 4 nitrogen and oxygen atoms in total. The van der Waals surface area contributed by atoms with Crippen molar-refractivity contribution in [2.45, 2.75) is 19.3 Å². The molecule has 0 saturated carbocycles. The number of carboxylic acids is 1. The van der Waals surface area contributed by atoms with E-state index >= 15 is 0 Å². The van der Waals surface area contributed by atoms with Gasteiger partial charge in [0, 0.05) is 17.9 Å². The van der Waals surface area contributed by atoms with Gasteiger partial charge in [-0.05, 0) is 34.5 Å². The van der Waals surface area contributed by atoms with E-state index in [1.807, 2.05) is 38.2 Å². The smallest absolute Gasteiger partial charge is 0.311 e. The van der Waals surface area contributed by atoms with Crippen LogP contribution < -0.4 is 0 Å². The molecule has 0 amide bonds. The van der Waals surface area contributed by atoms with E-state index in [4.69, 9.17) is 0 Å². The van der Waals surface area contributed by atoms with Gasteiger partial charge in [-0.2, -0.15) is 5.10 Å². The number of aromatic nitrogens is 2. The predicted molar refractivity (Wildman–Crippen MR) is 83.9 cm³/mol. The van der Waals surface area contributed by atoms with Crippen LogP contribution in [0.25, 0.3) is 0 Å². The summed E-state index contributed by atoms with van der Waals surface area (Å²) in [7, 11) is 1.83. The molecule has 0 bridgehead atoms. The van der Waals surface area contributed by atoms with E-state index in [-0.39, 0.29) is 0 Å². The van der Waals surface area contributed by atoms with Gasteiger partial charge in [-0.15, -0.1) is 0 Å². The largest absolute Gasteiger partial charge is 0.481 e. The fraction of sp³-hybridized carbons (Fsp3) is 0.286. The summed E-state index contributed by atoms with van der Waals surface area (Å²) >= 11 is 6.91. The van der Waals surface area contributed by atoms with E-state index in [2.05, 4.69) is 37.0 Å². The maximum atomic E-state index is 11.6. The molecule has 1 aromatic heterocycles. The first-order chi connectivity index (χ1) is 9.41. The number of carboxylic acid groups (broad SMARTS) is 1. The molecule has 1 N–H and O–H groups in total. The summed E-state index contributed by atoms with van der Waals surface area (Å²) in [4.78, 5) is 11.6. The molecule has 2 rings (SSSR count). The molecule has 0 radical (unpaired) electrons. The van der Waals surface area contributed by atoms with Crippen LogP contribution in [0.3, 0.4) is 0 Å². The second-order valence-corrected chi connectivity index (χ2v) is 6.23. The Morgan fingerprint density at radius 2 is 2.05 bits per heavy atom. The van der Waals surface area contributed by atoms with Gasteiger partial charge in [-0.25, -0.2) is 0 Å². The highest BCUT2D eigenvalue weighted by Crippen LogP contribution is 2.31. The normalized spacial score (nSPS) is 12.4. The lowest BCUT2D eigenvalue weighted by Crippen LogP contribution is -2.17. The highest BCUT2D eigenvalue weighted by atomic mass is 79.9. The van der Waals surface area contributed by atoms with Gasteiger partial charge in [0.1, 0.15) is 0 Å². The van der Waals surface area contributed by atoms with Crippen molar-refractivity contribution in [2.24, 2.45) is 7.05 Å². The lowest BCUT2D eigenvalue weighted by Gasteiger charge is -2.15. The highest BCUT2D eigenvalue weighted by molar-refractivity contribution is 9.10. The summed E-state index contributed by atoms with van der Waals surface area (Å²) in [6.45, 7) is 1.89. The topological polar surface area (TPSA) is 55.1 Å². The molecule has 6 heteroatoms. The molecule has 2 aromatic rings. The van der Waals surface area contributed by atoms with Crippen molar-refractivity contribution in [2.75, 3.05) is 0 Å². The Kier molecular flexibility index (Phi) is 4.65. The third-order valence-electron chi connectivity index (χ3n) is 3.24. The van der Waals surface area contributed by atoms with Crippen molar-refractivity contribution in [1.82, 2.24) is 9.78 Å². The van der Waals surface area contributed by atoms with Crippen LogP contribution in [0.2, 0.25) is 0 Å². The Morgan fingerprint density at radius 1 is 1.40 bits per heavy atom. The van der Waals surface area contributed by atoms with Crippen molar-refractivity contribution in [3.63, 3.8) is 0 Å². The molecule has 0 spiro atoms. The predicted octanol–water partition coefficient (Wildman–Crippen LogP) is 3.66. The Labute approximate surface area is 134 Å². The Hall–Kier alpha value is -1.14. The van der Waals surface area contributed by atoms with Crippen molar-refractivity contribution >= 4 is 37.8 Å². The minimum absolute atomic E-state index is 0.385. The number of benzene rings is 1. The van der Waals surface area contributed by atoms with Gasteiger partial charge in [0.15, 0.2) is 0 Å². The molecular formula is C14H14Br2N2O2. The average molecular weight is 402 g/mol. The summed E-state index contributed by atoms with van der Waals surface area (Å²) in [6.07, 6.45) is 0.385. The molecule has 0 aliphatic carbocycles. The zero-order chi connectivity index (χ0) is 14.9. The van der Waals surface area contributed by atoms with Gasteiger partial charge >= 0.3 is 5.97 Å². The van der Waals surface area contributed by atoms with Gasteiger partial charge in [0.05, 0.1) is 21.8 Å². The number of nitrogens with zero attached hydrogens (tertiary/aromatic N) is 2. The minimum Gasteiger partial charge on any atom is -0.481 e. The van der Waals surface area contributed by atoms with Crippen molar-refractivity contribution in [1.29, 1.82) is 0 Å². The standard InChI is InChI=1S/C14H14Br2N2O2/c1-8-13(16)12(18(2)17-8)7-10(14(19)20)9-5-3-4-6-11(9)15/h3-6,10H,7H2,1-2H3,(H,19,20). The van der Waals surface area contributed by atoms with Crippen LogP contribution in [0.15, 0.2) is 33.2 Å². The number of aryl methyl sites for hydroxylation is 2. The van der Waals surface area contributed by atoms with Gasteiger partial charge in [0.25, 0.3) is 0 Å². The lowest BCUT2D eigenvalue weighted by atomic mass is 9.94. The number of rotatable bonds is 4. The minimum atomic E-state index is -0.845. The molecule has 0 saturated heterocycles. The molecule has 1 aromatic carbocycles. The maximum absolute atomic E-state index is 11.6. The lowest BCUT2D eigenvalue weighted by molar-refractivity contribution is -0.138. The van der Waals surface area contributed by atoms with Crippen LogP contribution in [-0.4, -0.2) is 20.9 Å². The van der Waals surface area contributed by atoms with E-state index in [0.29, 0.717) is 6.42 Å². The molecule has 1 atom stereocenters. The number of hydrogen-bond donors (Lipinski definition) is 1. The van der Waals surface area contributed by atoms with E-state index in [1.54, 1.807) is 4.68 Å². The maximum Gasteiger partial charge on any atom is 0.311 e. The van der Waals surface area contributed by atoms with Crippen LogP contribution in [0.1, 0.15) is 22.9 Å². The second-order valence-electron chi connectivity index (χ2n) is 4.59. The van der Waals surface area contributed by atoms with Crippen LogP contribution >= 0.6 is 31.9 Å². The zero-order valence-electron chi connectivity index (χ0n) is 11.1. The van der Waals surface area contributed by atoms with Crippen molar-refractivity contribution < 1.29 is 9.90 Å². The molecular weight excluding hydrogens is 388 g/mol. The monoisotopic (exact) mass is 400 g/mol. The van der Waals surface area contributed by atoms with Crippen LogP contribution in [0.5, 0.6) is 0 Å². The molecule has 1 heterocycles. The average Bonchev–Trinajstić information content (AvgIpc) is 2.62. The molecule has 0 fully saturated rings. The number of hydrogen-bond acceptors (Lipinski definition) is 2. The first-order valence-corrected chi connectivity index (χ1v) is 7.65. The molecule has 0 aliphatic rings. The summed E-state index contributed by atoms with van der Waals surface area (Å²) in [5.74, 6) is -1.46. The van der Waals surface area contributed by atoms with Crippen molar-refractivity contribution in [3.8, 4) is 0 Å². The molecule has 0 aliphatic heterocycles. The third-order valence-corrected chi connectivity index (χ3v) is 4.99. The quantitative estimate of drug-likeness (QED) is 0.850. The Bertz CT molecular complexity index is 653. The first-order valence-electron chi connectivity index (χ1n) is 6.07. The highest BCUT2D eigenvalue weighted by Gasteiger charge is 2.25. The van der Waals surface area contributed by atoms with Crippen LogP contribution in [0.4, 0.5) is 0 Å². The van der Waals surface area contributed by atoms with Crippen molar-refractivity contribution in [3.05, 3.63) is 50.2 Å². The first kappa shape index (κ1) is 15.3. The zero-order valence-corrected chi connectivity index (χ0v) is 14.3. The van der Waals surface area contributed by atoms with E-state index in [9.17, 15) is 9.90 Å².